The Morgan fingerprint density at radius 3 is 2.40 bits per heavy atom. The van der Waals surface area contributed by atoms with E-state index in [0.717, 1.165) is 12.8 Å². The molecule has 0 aromatic rings. The Labute approximate surface area is 208 Å². The van der Waals surface area contributed by atoms with Gasteiger partial charge in [-0.1, -0.05) is 26.7 Å². The normalized spacial score (nSPS) is 24.4. The van der Waals surface area contributed by atoms with Gasteiger partial charge < -0.3 is 18.9 Å². The van der Waals surface area contributed by atoms with E-state index >= 15 is 0 Å². The van der Waals surface area contributed by atoms with Crippen molar-refractivity contribution in [2.24, 2.45) is 11.8 Å². The number of amides is 1. The Morgan fingerprint density at radius 2 is 1.86 bits per heavy atom. The molecule has 0 spiro atoms. The number of methoxy groups -OCH3 is 1. The minimum absolute atomic E-state index is 0.0160. The van der Waals surface area contributed by atoms with E-state index in [1.165, 1.54) is 12.0 Å². The molecule has 1 aliphatic heterocycles. The molecule has 0 aromatic heterocycles. The van der Waals surface area contributed by atoms with E-state index in [-0.39, 0.29) is 25.7 Å². The zero-order chi connectivity index (χ0) is 26.8. The van der Waals surface area contributed by atoms with Crippen LogP contribution in [0.2, 0.25) is 0 Å². The number of hydrogen-bond donors (Lipinski definition) is 0. The highest BCUT2D eigenvalue weighted by Crippen LogP contribution is 2.31. The Morgan fingerprint density at radius 1 is 1.20 bits per heavy atom. The smallest absolute Gasteiger partial charge is 0.412 e. The summed E-state index contributed by atoms with van der Waals surface area (Å²) in [6.45, 7) is 10.9. The first kappa shape index (κ1) is 31.5. The average molecular weight is 512 g/mol. The van der Waals surface area contributed by atoms with Crippen LogP contribution < -0.4 is 0 Å². The summed E-state index contributed by atoms with van der Waals surface area (Å²) < 4.78 is 60.1. The van der Waals surface area contributed by atoms with Crippen LogP contribution in [0.4, 0.5) is 18.0 Å². The number of carbonyl (C=O) groups excluding carboxylic acids is 2. The van der Waals surface area contributed by atoms with Crippen LogP contribution >= 0.6 is 0 Å². The molecule has 0 aromatic carbocycles. The van der Waals surface area contributed by atoms with Gasteiger partial charge in [0, 0.05) is 20.1 Å². The Balaban J connectivity index is 3.06. The van der Waals surface area contributed by atoms with Crippen molar-refractivity contribution in [2.75, 3.05) is 20.4 Å². The van der Waals surface area contributed by atoms with E-state index in [4.69, 9.17) is 18.9 Å². The first-order chi connectivity index (χ1) is 16.1. The molecule has 1 rings (SSSR count). The minimum Gasteiger partial charge on any atom is -0.458 e. The lowest BCUT2D eigenvalue weighted by Gasteiger charge is -2.33. The van der Waals surface area contributed by atoms with Crippen LogP contribution in [0.25, 0.3) is 0 Å². The van der Waals surface area contributed by atoms with Crippen molar-refractivity contribution < 1.29 is 41.7 Å². The highest BCUT2D eigenvalue weighted by atomic mass is 19.4. The lowest BCUT2D eigenvalue weighted by molar-refractivity contribution is -0.167. The fraction of sp³-hybridized carbons (Fsp3) is 0.920. The summed E-state index contributed by atoms with van der Waals surface area (Å²) in [5, 5.41) is 0. The lowest BCUT2D eigenvalue weighted by atomic mass is 9.86. The maximum Gasteiger partial charge on any atom is 0.412 e. The van der Waals surface area contributed by atoms with Gasteiger partial charge in [0.2, 0.25) is 0 Å². The molecule has 0 radical (unpaired) electrons. The number of hydrogen-bond acceptors (Lipinski definition) is 6. The van der Waals surface area contributed by atoms with Gasteiger partial charge in [-0.05, 0) is 65.2 Å². The van der Waals surface area contributed by atoms with E-state index in [2.05, 4.69) is 13.8 Å². The molecule has 4 unspecified atom stereocenters. The molecule has 0 aliphatic carbocycles. The zero-order valence-electron chi connectivity index (χ0n) is 22.3. The van der Waals surface area contributed by atoms with E-state index < -0.39 is 48.5 Å². The Kier molecular flexibility index (Phi) is 12.8. The van der Waals surface area contributed by atoms with Gasteiger partial charge in [-0.2, -0.15) is 13.2 Å². The maximum atomic E-state index is 13.2. The molecule has 206 valence electrons. The van der Waals surface area contributed by atoms with Crippen molar-refractivity contribution in [2.45, 2.75) is 117 Å². The van der Waals surface area contributed by atoms with Gasteiger partial charge in [-0.25, -0.2) is 9.59 Å². The van der Waals surface area contributed by atoms with Crippen LogP contribution in [-0.4, -0.2) is 67.4 Å². The molecule has 35 heavy (non-hydrogen) atoms. The zero-order valence-corrected chi connectivity index (χ0v) is 22.3. The van der Waals surface area contributed by atoms with Crippen molar-refractivity contribution in [3.05, 3.63) is 0 Å². The average Bonchev–Trinajstić information content (AvgIpc) is 2.74. The summed E-state index contributed by atoms with van der Waals surface area (Å²) in [6.07, 6.45) is -3.81. The van der Waals surface area contributed by atoms with Gasteiger partial charge in [-0.3, -0.25) is 4.90 Å². The van der Waals surface area contributed by atoms with Gasteiger partial charge in [0.05, 0.1) is 6.10 Å². The van der Waals surface area contributed by atoms with Crippen molar-refractivity contribution >= 4 is 12.1 Å². The number of alkyl halides is 3. The molecule has 1 amide bonds. The largest absolute Gasteiger partial charge is 0.458 e. The standard InChI is InChI=1S/C25H44F3NO6/c1-17(2)12-13-19-10-8-11-20(29(16-32-7)23(31)35-24(4,5)6)22(30)34-18(3)21(19)33-15-9-14-25(26,27)28/h17-21H,8-16H2,1-7H3. The van der Waals surface area contributed by atoms with E-state index in [1.807, 2.05) is 0 Å². The van der Waals surface area contributed by atoms with Gasteiger partial charge in [0.25, 0.3) is 0 Å². The van der Waals surface area contributed by atoms with E-state index in [9.17, 15) is 22.8 Å². The second kappa shape index (κ2) is 14.3. The highest BCUT2D eigenvalue weighted by molar-refractivity contribution is 5.81. The lowest BCUT2D eigenvalue weighted by Crippen LogP contribution is -2.49. The molecule has 4 atom stereocenters. The SMILES string of the molecule is COCN(C(=O)OC(C)(C)C)C1CCCC(CCC(C)C)C(OCCCC(F)(F)F)C(C)OC1=O. The number of esters is 1. The molecule has 1 heterocycles. The third-order valence-corrected chi connectivity index (χ3v) is 5.86. The summed E-state index contributed by atoms with van der Waals surface area (Å²) in [7, 11) is 1.42. The van der Waals surface area contributed by atoms with E-state index in [0.29, 0.717) is 25.2 Å². The molecule has 10 heteroatoms. The number of nitrogens with zero attached hydrogens (tertiary/aromatic N) is 1. The number of ether oxygens (including phenoxy) is 4. The summed E-state index contributed by atoms with van der Waals surface area (Å²) in [6, 6.07) is -0.901. The molecule has 0 N–H and O–H groups in total. The van der Waals surface area contributed by atoms with Crippen LogP contribution in [0.5, 0.6) is 0 Å². The maximum absolute atomic E-state index is 13.2. The third kappa shape index (κ3) is 12.3. The molecule has 0 bridgehead atoms. The molecule has 1 saturated heterocycles. The summed E-state index contributed by atoms with van der Waals surface area (Å²) in [5.41, 5.74) is -0.754. The Hall–Kier alpha value is -1.55. The van der Waals surface area contributed by atoms with Crippen molar-refractivity contribution in [1.82, 2.24) is 4.90 Å². The van der Waals surface area contributed by atoms with Gasteiger partial charge in [0.1, 0.15) is 24.5 Å². The van der Waals surface area contributed by atoms with Crippen LogP contribution in [0, 0.1) is 11.8 Å². The molecular formula is C25H44F3NO6. The summed E-state index contributed by atoms with van der Waals surface area (Å²) >= 11 is 0. The second-order valence-corrected chi connectivity index (χ2v) is 10.7. The van der Waals surface area contributed by atoms with Crippen LogP contribution in [0.3, 0.4) is 0 Å². The fourth-order valence-electron chi connectivity index (χ4n) is 4.20. The van der Waals surface area contributed by atoms with Gasteiger partial charge in [0.15, 0.2) is 0 Å². The molecular weight excluding hydrogens is 467 g/mol. The van der Waals surface area contributed by atoms with Crippen LogP contribution in [-0.2, 0) is 23.7 Å². The molecule has 7 nitrogen and oxygen atoms in total. The quantitative estimate of drug-likeness (QED) is 0.201. The molecule has 1 fully saturated rings. The number of carbonyl (C=O) groups is 2. The summed E-state index contributed by atoms with van der Waals surface area (Å²) in [4.78, 5) is 27.2. The molecule has 0 saturated carbocycles. The van der Waals surface area contributed by atoms with Crippen molar-refractivity contribution in [3.8, 4) is 0 Å². The minimum atomic E-state index is -4.24. The predicted octanol–water partition coefficient (Wildman–Crippen LogP) is 6.09. The monoisotopic (exact) mass is 511 g/mol. The first-order valence-corrected chi connectivity index (χ1v) is 12.5. The number of halogens is 3. The second-order valence-electron chi connectivity index (χ2n) is 10.7. The van der Waals surface area contributed by atoms with E-state index in [1.54, 1.807) is 27.7 Å². The first-order valence-electron chi connectivity index (χ1n) is 12.5. The topological polar surface area (TPSA) is 74.3 Å². The predicted molar refractivity (Wildman–Crippen MR) is 126 cm³/mol. The highest BCUT2D eigenvalue weighted by Gasteiger charge is 2.39. The number of rotatable bonds is 10. The van der Waals surface area contributed by atoms with Crippen molar-refractivity contribution in [1.29, 1.82) is 0 Å². The van der Waals surface area contributed by atoms with Gasteiger partial charge in [-0.15, -0.1) is 0 Å². The fourth-order valence-corrected chi connectivity index (χ4v) is 4.20. The third-order valence-electron chi connectivity index (χ3n) is 5.86. The summed E-state index contributed by atoms with van der Waals surface area (Å²) in [5.74, 6) is -0.139. The Bertz CT molecular complexity index is 650. The van der Waals surface area contributed by atoms with Gasteiger partial charge >= 0.3 is 18.2 Å². The molecule has 1 aliphatic rings. The number of cyclic esters (lactones) is 1. The van der Waals surface area contributed by atoms with Crippen molar-refractivity contribution in [3.63, 3.8) is 0 Å². The van der Waals surface area contributed by atoms with Crippen LogP contribution in [0.15, 0.2) is 0 Å². The van der Waals surface area contributed by atoms with Crippen LogP contribution in [0.1, 0.15) is 86.5 Å².